The minimum absolute atomic E-state index is 2.34. The molecule has 0 heterocycles. The van der Waals surface area contributed by atoms with Crippen molar-refractivity contribution in [3.05, 3.63) is 9.81 Å². The van der Waals surface area contributed by atoms with Crippen molar-refractivity contribution in [2.45, 2.75) is 0 Å². The second-order valence-corrected chi connectivity index (χ2v) is 4.94. The van der Waals surface area contributed by atoms with Crippen LogP contribution in [0.15, 0.2) is 9.81 Å². The summed E-state index contributed by atoms with van der Waals surface area (Å²) in [5, 5.41) is 16.5. The molecule has 0 aliphatic carbocycles. The smallest absolute Gasteiger partial charge is 0.351 e. The van der Waals surface area contributed by atoms with E-state index in [4.69, 9.17) is 19.3 Å². The molecule has 0 saturated heterocycles. The number of rotatable bonds is 4. The summed E-state index contributed by atoms with van der Waals surface area (Å²) >= 11 is 0. The van der Waals surface area contributed by atoms with E-state index in [1.165, 1.54) is 0 Å². The highest BCUT2D eigenvalue weighted by atomic mass is 32.2. The topological polar surface area (TPSA) is 183 Å². The van der Waals surface area contributed by atoms with Crippen molar-refractivity contribution in [2.75, 3.05) is 0 Å². The Morgan fingerprint density at radius 3 is 0.938 bits per heavy atom. The third kappa shape index (κ3) is 3.27. The van der Waals surface area contributed by atoms with Crippen LogP contribution in [0.25, 0.3) is 0 Å². The summed E-state index contributed by atoms with van der Waals surface area (Å²) in [5.41, 5.74) is 0. The highest BCUT2D eigenvalue weighted by Gasteiger charge is 2.37. The van der Waals surface area contributed by atoms with Gasteiger partial charge in [0.2, 0.25) is 9.81 Å². The van der Waals surface area contributed by atoms with Gasteiger partial charge in [0, 0.05) is 0 Å². The first-order chi connectivity index (χ1) is 6.89. The predicted octanol–water partition coefficient (Wildman–Crippen LogP) is -1.86. The Morgan fingerprint density at radius 2 is 0.875 bits per heavy atom. The Bertz CT molecular complexity index is 508. The van der Waals surface area contributed by atoms with Gasteiger partial charge in [-0.15, -0.1) is 0 Å². The summed E-state index contributed by atoms with van der Waals surface area (Å²) in [6.07, 6.45) is 0. The Morgan fingerprint density at radius 1 is 0.688 bits per heavy atom. The first-order valence-corrected chi connectivity index (χ1v) is 5.93. The van der Waals surface area contributed by atoms with Crippen molar-refractivity contribution in [1.82, 2.24) is 0 Å². The Kier molecular flexibility index (Phi) is 3.78. The molecule has 0 amide bonds. The van der Waals surface area contributed by atoms with Crippen molar-refractivity contribution < 1.29 is 45.7 Å². The highest BCUT2D eigenvalue weighted by molar-refractivity contribution is 7.95. The van der Waals surface area contributed by atoms with Crippen LogP contribution < -0.4 is 0 Å². The molecular formula is C4H4O10S2. The SMILES string of the molecule is O=C(O)/C(=C(/C(=O)O)S(=O)(=O)O)S(=O)(=O)O. The zero-order chi connectivity index (χ0) is 13.3. The molecule has 0 unspecified atom stereocenters. The molecule has 10 nitrogen and oxygen atoms in total. The van der Waals surface area contributed by atoms with E-state index in [9.17, 15) is 26.4 Å². The van der Waals surface area contributed by atoms with Crippen LogP contribution in [0.3, 0.4) is 0 Å². The molecule has 0 aliphatic rings. The van der Waals surface area contributed by atoms with Crippen LogP contribution >= 0.6 is 0 Å². The van der Waals surface area contributed by atoms with Crippen LogP contribution in [0.2, 0.25) is 0 Å². The molecule has 0 aromatic rings. The van der Waals surface area contributed by atoms with Crippen LogP contribution in [0, 0.1) is 0 Å². The van der Waals surface area contributed by atoms with Crippen molar-refractivity contribution in [3.8, 4) is 0 Å². The number of aliphatic carboxylic acids is 2. The normalized spacial score (nSPS) is 14.1. The molecule has 12 heteroatoms. The van der Waals surface area contributed by atoms with E-state index in [1.54, 1.807) is 0 Å². The van der Waals surface area contributed by atoms with Gasteiger partial charge in [0.25, 0.3) is 0 Å². The molecule has 4 N–H and O–H groups in total. The largest absolute Gasteiger partial charge is 0.477 e. The summed E-state index contributed by atoms with van der Waals surface area (Å²) in [6, 6.07) is 0. The minimum atomic E-state index is -5.63. The van der Waals surface area contributed by atoms with E-state index < -0.39 is 42.0 Å². The Hall–Kier alpha value is -1.50. The van der Waals surface area contributed by atoms with Crippen molar-refractivity contribution in [3.63, 3.8) is 0 Å². The fraction of sp³-hybridized carbons (Fsp3) is 0. The molecule has 16 heavy (non-hydrogen) atoms. The molecule has 0 fully saturated rings. The molecule has 0 aromatic heterocycles. The first-order valence-electron chi connectivity index (χ1n) is 3.05. The maximum atomic E-state index is 10.4. The van der Waals surface area contributed by atoms with Gasteiger partial charge in [-0.25, -0.2) is 9.59 Å². The van der Waals surface area contributed by atoms with Gasteiger partial charge in [-0.2, -0.15) is 16.8 Å². The average molecular weight is 276 g/mol. The Labute approximate surface area is 88.3 Å². The lowest BCUT2D eigenvalue weighted by Crippen LogP contribution is -2.23. The minimum Gasteiger partial charge on any atom is -0.477 e. The molecule has 92 valence electrons. The maximum Gasteiger partial charge on any atom is 0.351 e. The standard InChI is InChI=1S/C4H4O10S2/c5-3(6)1(15(9,10)11)2(4(7)8)16(12,13)14/h(H,5,6)(H,7,8)(H,9,10,11)(H,12,13,14)/b2-1+. The first kappa shape index (κ1) is 14.5. The van der Waals surface area contributed by atoms with Crippen LogP contribution in [0.1, 0.15) is 0 Å². The van der Waals surface area contributed by atoms with Crippen molar-refractivity contribution in [2.24, 2.45) is 0 Å². The number of carboxylic acids is 2. The summed E-state index contributed by atoms with van der Waals surface area (Å²) in [6.45, 7) is 0. The second kappa shape index (κ2) is 4.17. The lowest BCUT2D eigenvalue weighted by molar-refractivity contribution is -0.134. The van der Waals surface area contributed by atoms with Crippen molar-refractivity contribution >= 4 is 32.2 Å². The second-order valence-electron chi connectivity index (χ2n) is 2.22. The van der Waals surface area contributed by atoms with Gasteiger partial charge < -0.3 is 10.2 Å². The molecule has 0 aliphatic heterocycles. The number of hydrogen-bond donors (Lipinski definition) is 4. The molecule has 0 radical (unpaired) electrons. The summed E-state index contributed by atoms with van der Waals surface area (Å²) in [7, 11) is -11.3. The molecule has 0 rings (SSSR count). The monoisotopic (exact) mass is 276 g/mol. The van der Waals surface area contributed by atoms with E-state index >= 15 is 0 Å². The van der Waals surface area contributed by atoms with E-state index in [2.05, 4.69) is 0 Å². The predicted molar refractivity (Wildman–Crippen MR) is 45.4 cm³/mol. The number of carbonyl (C=O) groups is 2. The van der Waals surface area contributed by atoms with Crippen LogP contribution in [-0.2, 0) is 29.8 Å². The van der Waals surface area contributed by atoms with Crippen LogP contribution in [0.5, 0.6) is 0 Å². The third-order valence-corrected chi connectivity index (χ3v) is 3.03. The average Bonchev–Trinajstić information content (AvgIpc) is 1.92. The van der Waals surface area contributed by atoms with E-state index in [1.807, 2.05) is 0 Å². The highest BCUT2D eigenvalue weighted by Crippen LogP contribution is 2.16. The fourth-order valence-corrected chi connectivity index (χ4v) is 2.37. The van der Waals surface area contributed by atoms with E-state index in [0.717, 1.165) is 0 Å². The zero-order valence-electron chi connectivity index (χ0n) is 7.05. The summed E-state index contributed by atoms with van der Waals surface area (Å²) in [5.74, 6) is -5.09. The summed E-state index contributed by atoms with van der Waals surface area (Å²) < 4.78 is 58.4. The van der Waals surface area contributed by atoms with Gasteiger partial charge in [-0.05, 0) is 0 Å². The quantitative estimate of drug-likeness (QED) is 0.335. The molecule has 0 spiro atoms. The zero-order valence-corrected chi connectivity index (χ0v) is 8.69. The van der Waals surface area contributed by atoms with Crippen LogP contribution in [0.4, 0.5) is 0 Å². The van der Waals surface area contributed by atoms with Gasteiger partial charge in [-0.1, -0.05) is 0 Å². The molecular weight excluding hydrogens is 272 g/mol. The van der Waals surface area contributed by atoms with E-state index in [0.29, 0.717) is 0 Å². The molecule has 0 atom stereocenters. The third-order valence-electron chi connectivity index (χ3n) is 1.11. The molecule has 0 saturated carbocycles. The van der Waals surface area contributed by atoms with Gasteiger partial charge in [0.05, 0.1) is 0 Å². The van der Waals surface area contributed by atoms with Gasteiger partial charge in [-0.3, -0.25) is 9.11 Å². The molecule has 0 aromatic carbocycles. The summed E-state index contributed by atoms with van der Waals surface area (Å²) in [4.78, 5) is 15.9. The number of carboxylic acid groups (broad SMARTS) is 2. The maximum absolute atomic E-state index is 10.4. The number of hydrogen-bond acceptors (Lipinski definition) is 6. The molecule has 0 bridgehead atoms. The van der Waals surface area contributed by atoms with Gasteiger partial charge in [0.15, 0.2) is 0 Å². The lowest BCUT2D eigenvalue weighted by Gasteiger charge is -2.02. The lowest BCUT2D eigenvalue weighted by atomic mass is 10.5. The van der Waals surface area contributed by atoms with Crippen LogP contribution in [-0.4, -0.2) is 48.1 Å². The Balaban J connectivity index is 6.58. The van der Waals surface area contributed by atoms with Gasteiger partial charge in [0.1, 0.15) is 0 Å². The van der Waals surface area contributed by atoms with E-state index in [-0.39, 0.29) is 0 Å². The fourth-order valence-electron chi connectivity index (χ4n) is 0.649. The van der Waals surface area contributed by atoms with Crippen molar-refractivity contribution in [1.29, 1.82) is 0 Å². The van der Waals surface area contributed by atoms with Gasteiger partial charge >= 0.3 is 32.2 Å².